The molecule has 0 spiro atoms. The summed E-state index contributed by atoms with van der Waals surface area (Å²) in [5.41, 5.74) is 7.26. The smallest absolute Gasteiger partial charge is 0.0925 e. The second kappa shape index (κ2) is 5.45. The lowest BCUT2D eigenvalue weighted by Crippen LogP contribution is -2.24. The molecule has 1 heterocycles. The number of hydrogen-bond donors (Lipinski definition) is 2. The van der Waals surface area contributed by atoms with Crippen LogP contribution in [0.25, 0.3) is 0 Å². The van der Waals surface area contributed by atoms with Crippen LogP contribution in [0, 0.1) is 5.92 Å². The Morgan fingerprint density at radius 2 is 1.82 bits per heavy atom. The van der Waals surface area contributed by atoms with Gasteiger partial charge in [0.15, 0.2) is 0 Å². The van der Waals surface area contributed by atoms with Crippen LogP contribution in [0.1, 0.15) is 29.5 Å². The van der Waals surface area contributed by atoms with Crippen LogP contribution in [-0.2, 0) is 0 Å². The first-order valence-electron chi connectivity index (χ1n) is 5.72. The third-order valence-electron chi connectivity index (χ3n) is 3.08. The van der Waals surface area contributed by atoms with Crippen molar-refractivity contribution in [3.63, 3.8) is 0 Å². The lowest BCUT2D eigenvalue weighted by molar-refractivity contribution is 0.106. The topological polar surface area (TPSA) is 46.2 Å². The number of aliphatic hydroxyl groups is 1. The maximum atomic E-state index is 10.2. The Morgan fingerprint density at radius 3 is 2.41 bits per heavy atom. The summed E-state index contributed by atoms with van der Waals surface area (Å²) in [7, 11) is 0. The minimum atomic E-state index is -0.495. The first kappa shape index (κ1) is 12.3. The fraction of sp³-hybridized carbons (Fsp3) is 0.286. The van der Waals surface area contributed by atoms with Gasteiger partial charge >= 0.3 is 0 Å². The minimum absolute atomic E-state index is 0.00366. The van der Waals surface area contributed by atoms with Gasteiger partial charge in [-0.2, -0.15) is 0 Å². The summed E-state index contributed by atoms with van der Waals surface area (Å²) in [6.45, 7) is 1.99. The van der Waals surface area contributed by atoms with Crippen LogP contribution in [0.2, 0.25) is 0 Å². The molecule has 2 rings (SSSR count). The standard InChI is InChI=1S/C14H17NOS/c1-10(14(16)12-8-5-9-17-12)13(15)11-6-3-2-4-7-11/h2-10,13-14,16H,15H2,1H3/t10-,13+,14+/m0/s1. The third-order valence-corrected chi connectivity index (χ3v) is 4.03. The molecule has 2 nitrogen and oxygen atoms in total. The second-order valence-corrected chi connectivity index (χ2v) is 5.24. The molecule has 0 bridgehead atoms. The van der Waals surface area contributed by atoms with Crippen LogP contribution < -0.4 is 5.73 Å². The molecule has 0 saturated carbocycles. The van der Waals surface area contributed by atoms with Gasteiger partial charge in [-0.1, -0.05) is 43.3 Å². The lowest BCUT2D eigenvalue weighted by atomic mass is 9.90. The summed E-state index contributed by atoms with van der Waals surface area (Å²) >= 11 is 1.57. The van der Waals surface area contributed by atoms with Crippen LogP contribution in [0.3, 0.4) is 0 Å². The minimum Gasteiger partial charge on any atom is -0.387 e. The molecule has 0 radical (unpaired) electrons. The molecule has 1 aromatic carbocycles. The molecule has 0 saturated heterocycles. The summed E-state index contributed by atoms with van der Waals surface area (Å²) in [5, 5.41) is 12.2. The van der Waals surface area contributed by atoms with E-state index in [2.05, 4.69) is 0 Å². The van der Waals surface area contributed by atoms with Gasteiger partial charge in [-0.25, -0.2) is 0 Å². The zero-order chi connectivity index (χ0) is 12.3. The van der Waals surface area contributed by atoms with Crippen molar-refractivity contribution in [1.82, 2.24) is 0 Å². The highest BCUT2D eigenvalue weighted by Gasteiger charge is 2.24. The first-order valence-corrected chi connectivity index (χ1v) is 6.60. The maximum absolute atomic E-state index is 10.2. The highest BCUT2D eigenvalue weighted by molar-refractivity contribution is 7.10. The summed E-state index contributed by atoms with van der Waals surface area (Å²) in [4.78, 5) is 0.976. The normalized spacial score (nSPS) is 16.4. The molecule has 0 aliphatic rings. The van der Waals surface area contributed by atoms with Crippen LogP contribution in [0.5, 0.6) is 0 Å². The van der Waals surface area contributed by atoms with Gasteiger partial charge in [0.1, 0.15) is 0 Å². The van der Waals surface area contributed by atoms with Crippen molar-refractivity contribution in [3.8, 4) is 0 Å². The summed E-state index contributed by atoms with van der Waals surface area (Å²) in [5.74, 6) is -0.00366. The number of nitrogens with two attached hydrogens (primary N) is 1. The van der Waals surface area contributed by atoms with Gasteiger partial charge in [0.2, 0.25) is 0 Å². The molecule has 0 amide bonds. The Morgan fingerprint density at radius 1 is 1.12 bits per heavy atom. The molecule has 1 aromatic heterocycles. The predicted molar refractivity (Wildman–Crippen MR) is 71.8 cm³/mol. The highest BCUT2D eigenvalue weighted by Crippen LogP contribution is 2.32. The van der Waals surface area contributed by atoms with Gasteiger partial charge in [-0.05, 0) is 17.0 Å². The van der Waals surface area contributed by atoms with Gasteiger partial charge < -0.3 is 10.8 Å². The Hall–Kier alpha value is -1.16. The van der Waals surface area contributed by atoms with E-state index in [4.69, 9.17) is 5.73 Å². The van der Waals surface area contributed by atoms with Crippen LogP contribution >= 0.6 is 11.3 Å². The van der Waals surface area contributed by atoms with E-state index >= 15 is 0 Å². The van der Waals surface area contributed by atoms with E-state index in [-0.39, 0.29) is 12.0 Å². The van der Waals surface area contributed by atoms with Crippen LogP contribution in [0.4, 0.5) is 0 Å². The van der Waals surface area contributed by atoms with Crippen LogP contribution in [-0.4, -0.2) is 5.11 Å². The maximum Gasteiger partial charge on any atom is 0.0925 e. The quantitative estimate of drug-likeness (QED) is 0.872. The number of rotatable bonds is 4. The molecule has 17 heavy (non-hydrogen) atoms. The van der Waals surface area contributed by atoms with E-state index in [1.54, 1.807) is 11.3 Å². The zero-order valence-electron chi connectivity index (χ0n) is 9.78. The average molecular weight is 247 g/mol. The largest absolute Gasteiger partial charge is 0.387 e. The predicted octanol–water partition coefficient (Wildman–Crippen LogP) is 3.12. The average Bonchev–Trinajstić information content (AvgIpc) is 2.91. The van der Waals surface area contributed by atoms with E-state index < -0.39 is 6.10 Å². The molecule has 3 heteroatoms. The van der Waals surface area contributed by atoms with Crippen molar-refractivity contribution in [2.75, 3.05) is 0 Å². The Labute approximate surface area is 106 Å². The van der Waals surface area contributed by atoms with Gasteiger partial charge in [0, 0.05) is 16.8 Å². The van der Waals surface area contributed by atoms with Crippen molar-refractivity contribution in [1.29, 1.82) is 0 Å². The van der Waals surface area contributed by atoms with Gasteiger partial charge in [0.05, 0.1) is 6.10 Å². The molecular formula is C14H17NOS. The molecule has 90 valence electrons. The number of benzene rings is 1. The molecule has 0 fully saturated rings. The second-order valence-electron chi connectivity index (χ2n) is 4.26. The Bertz CT molecular complexity index is 441. The van der Waals surface area contributed by atoms with Gasteiger partial charge in [-0.3, -0.25) is 0 Å². The van der Waals surface area contributed by atoms with Crippen molar-refractivity contribution in [2.45, 2.75) is 19.1 Å². The third kappa shape index (κ3) is 2.75. The number of hydrogen-bond acceptors (Lipinski definition) is 3. The van der Waals surface area contributed by atoms with Crippen LogP contribution in [0.15, 0.2) is 47.8 Å². The van der Waals surface area contributed by atoms with E-state index in [0.717, 1.165) is 10.4 Å². The van der Waals surface area contributed by atoms with Crippen molar-refractivity contribution in [2.24, 2.45) is 11.7 Å². The summed E-state index contributed by atoms with van der Waals surface area (Å²) in [6, 6.07) is 13.7. The monoisotopic (exact) mass is 247 g/mol. The molecule has 0 aliphatic heterocycles. The van der Waals surface area contributed by atoms with Crippen molar-refractivity contribution in [3.05, 3.63) is 58.3 Å². The Kier molecular flexibility index (Phi) is 3.94. The first-order chi connectivity index (χ1) is 8.20. The van der Waals surface area contributed by atoms with E-state index in [1.807, 2.05) is 54.8 Å². The summed E-state index contributed by atoms with van der Waals surface area (Å²) < 4.78 is 0. The lowest BCUT2D eigenvalue weighted by Gasteiger charge is -2.24. The molecule has 3 atom stereocenters. The van der Waals surface area contributed by atoms with Gasteiger partial charge in [0.25, 0.3) is 0 Å². The number of aliphatic hydroxyl groups excluding tert-OH is 1. The van der Waals surface area contributed by atoms with Gasteiger partial charge in [-0.15, -0.1) is 11.3 Å². The van der Waals surface area contributed by atoms with E-state index in [1.165, 1.54) is 0 Å². The zero-order valence-corrected chi connectivity index (χ0v) is 10.6. The molecule has 3 N–H and O–H groups in total. The number of thiophene rings is 1. The molecular weight excluding hydrogens is 230 g/mol. The van der Waals surface area contributed by atoms with E-state index in [0.29, 0.717) is 0 Å². The Balaban J connectivity index is 2.12. The van der Waals surface area contributed by atoms with Crippen molar-refractivity contribution >= 4 is 11.3 Å². The fourth-order valence-corrected chi connectivity index (χ4v) is 2.72. The molecule has 0 aliphatic carbocycles. The molecule has 0 unspecified atom stereocenters. The van der Waals surface area contributed by atoms with Crippen molar-refractivity contribution < 1.29 is 5.11 Å². The SMILES string of the molecule is C[C@@H]([C@@H](N)c1ccccc1)[C@@H](O)c1cccs1. The van der Waals surface area contributed by atoms with E-state index in [9.17, 15) is 5.11 Å². The highest BCUT2D eigenvalue weighted by atomic mass is 32.1. The fourth-order valence-electron chi connectivity index (χ4n) is 1.89. The summed E-state index contributed by atoms with van der Waals surface area (Å²) in [6.07, 6.45) is -0.495. The molecule has 2 aromatic rings.